The molecule has 106 valence electrons. The molecule has 1 aliphatic heterocycles. The summed E-state index contributed by atoms with van der Waals surface area (Å²) in [4.78, 5) is 12.8. The number of hydrogen-bond donors (Lipinski definition) is 2. The van der Waals surface area contributed by atoms with Gasteiger partial charge in [0.15, 0.2) is 5.69 Å². The predicted octanol–water partition coefficient (Wildman–Crippen LogP) is 0.240. The Labute approximate surface area is 111 Å². The second-order valence-electron chi connectivity index (χ2n) is 5.75. The molecule has 1 fully saturated rings. The molecule has 0 spiro atoms. The lowest BCUT2D eigenvalue weighted by Crippen LogP contribution is -2.54. The largest absolute Gasteiger partial charge is 0.476 e. The fourth-order valence-electron chi connectivity index (χ4n) is 2.03. The highest BCUT2D eigenvalue weighted by atomic mass is 16.4. The van der Waals surface area contributed by atoms with Crippen molar-refractivity contribution in [2.24, 2.45) is 5.92 Å². The van der Waals surface area contributed by atoms with Gasteiger partial charge in [0.1, 0.15) is 0 Å². The third-order valence-corrected chi connectivity index (χ3v) is 3.83. The van der Waals surface area contributed by atoms with Crippen molar-refractivity contribution in [3.8, 4) is 0 Å². The van der Waals surface area contributed by atoms with Gasteiger partial charge < -0.3 is 10.2 Å². The number of carboxylic acids is 1. The van der Waals surface area contributed by atoms with Crippen LogP contribution in [0.3, 0.4) is 0 Å². The van der Waals surface area contributed by atoms with Crippen LogP contribution < -0.4 is 0 Å². The smallest absolute Gasteiger partial charge is 0.358 e. The van der Waals surface area contributed by atoms with E-state index in [1.54, 1.807) is 4.68 Å². The van der Waals surface area contributed by atoms with Crippen LogP contribution in [0.2, 0.25) is 0 Å². The maximum atomic E-state index is 10.7. The van der Waals surface area contributed by atoms with Crippen LogP contribution in [0, 0.1) is 5.92 Å². The summed E-state index contributed by atoms with van der Waals surface area (Å²) in [6.07, 6.45) is 1.45. The van der Waals surface area contributed by atoms with Crippen molar-refractivity contribution in [2.45, 2.75) is 32.4 Å². The first kappa shape index (κ1) is 14.0. The number of nitrogens with zero attached hydrogens (tertiary/aromatic N) is 4. The Morgan fingerprint density at radius 1 is 1.58 bits per heavy atom. The van der Waals surface area contributed by atoms with Crippen molar-refractivity contribution in [3.05, 3.63) is 11.9 Å². The maximum Gasteiger partial charge on any atom is 0.358 e. The monoisotopic (exact) mass is 268 g/mol. The molecule has 0 radical (unpaired) electrons. The van der Waals surface area contributed by atoms with E-state index in [2.05, 4.69) is 15.2 Å². The number of aromatic carboxylic acids is 1. The summed E-state index contributed by atoms with van der Waals surface area (Å²) in [6, 6.07) is 0.142. The summed E-state index contributed by atoms with van der Waals surface area (Å²) in [7, 11) is 0. The van der Waals surface area contributed by atoms with Crippen molar-refractivity contribution in [1.82, 2.24) is 19.9 Å². The van der Waals surface area contributed by atoms with E-state index in [0.717, 1.165) is 13.1 Å². The Bertz CT molecular complexity index is 463. The summed E-state index contributed by atoms with van der Waals surface area (Å²) in [5.74, 6) is -0.873. The number of likely N-dealkylation sites (tertiary alicyclic amines) is 1. The SMILES string of the molecule is CC(C)C(C)(O)CN1CC(n2cc(C(=O)O)nn2)C1. The molecule has 0 saturated carbocycles. The third kappa shape index (κ3) is 2.93. The lowest BCUT2D eigenvalue weighted by Gasteiger charge is -2.43. The van der Waals surface area contributed by atoms with E-state index < -0.39 is 11.6 Å². The van der Waals surface area contributed by atoms with Crippen LogP contribution in [0.4, 0.5) is 0 Å². The van der Waals surface area contributed by atoms with Crippen LogP contribution in [0.1, 0.15) is 37.3 Å². The van der Waals surface area contributed by atoms with Gasteiger partial charge in [0.2, 0.25) is 0 Å². The molecule has 1 aromatic rings. The van der Waals surface area contributed by atoms with E-state index in [0.29, 0.717) is 6.54 Å². The fourth-order valence-corrected chi connectivity index (χ4v) is 2.03. The second-order valence-corrected chi connectivity index (χ2v) is 5.75. The zero-order valence-electron chi connectivity index (χ0n) is 11.4. The van der Waals surface area contributed by atoms with E-state index in [1.807, 2.05) is 20.8 Å². The Morgan fingerprint density at radius 2 is 2.21 bits per heavy atom. The minimum atomic E-state index is -1.06. The number of carboxylic acid groups (broad SMARTS) is 1. The standard InChI is InChI=1S/C12H20N4O3/c1-8(2)12(3,19)7-15-4-9(5-15)16-6-10(11(17)18)13-14-16/h6,8-9,19H,4-5,7H2,1-3H3,(H,17,18). The first-order valence-corrected chi connectivity index (χ1v) is 6.39. The summed E-state index contributed by atoms with van der Waals surface area (Å²) in [5.41, 5.74) is -0.743. The number of rotatable bonds is 5. The van der Waals surface area contributed by atoms with E-state index in [1.165, 1.54) is 6.20 Å². The minimum absolute atomic E-state index is 0.0346. The zero-order chi connectivity index (χ0) is 14.2. The molecule has 1 unspecified atom stereocenters. The summed E-state index contributed by atoms with van der Waals surface area (Å²) in [6.45, 7) is 7.95. The molecule has 0 bridgehead atoms. The third-order valence-electron chi connectivity index (χ3n) is 3.83. The number of aliphatic hydroxyl groups is 1. The Kier molecular flexibility index (Phi) is 3.60. The molecule has 0 aliphatic carbocycles. The van der Waals surface area contributed by atoms with Crippen molar-refractivity contribution in [2.75, 3.05) is 19.6 Å². The van der Waals surface area contributed by atoms with Crippen LogP contribution in [-0.4, -0.2) is 61.3 Å². The van der Waals surface area contributed by atoms with Gasteiger partial charge in [-0.2, -0.15) is 0 Å². The highest BCUT2D eigenvalue weighted by molar-refractivity contribution is 5.84. The van der Waals surface area contributed by atoms with Gasteiger partial charge >= 0.3 is 5.97 Å². The molecule has 1 atom stereocenters. The first-order chi connectivity index (χ1) is 8.79. The molecule has 1 saturated heterocycles. The molecule has 2 heterocycles. The second kappa shape index (κ2) is 4.90. The molecule has 2 N–H and O–H groups in total. The summed E-state index contributed by atoms with van der Waals surface area (Å²) in [5, 5.41) is 26.4. The highest BCUT2D eigenvalue weighted by Crippen LogP contribution is 2.25. The normalized spacial score (nSPS) is 20.3. The Balaban J connectivity index is 1.87. The van der Waals surface area contributed by atoms with Crippen LogP contribution >= 0.6 is 0 Å². The van der Waals surface area contributed by atoms with Gasteiger partial charge in [-0.05, 0) is 12.8 Å². The molecule has 1 aromatic heterocycles. The van der Waals surface area contributed by atoms with Crippen LogP contribution in [0.15, 0.2) is 6.20 Å². The van der Waals surface area contributed by atoms with E-state index in [4.69, 9.17) is 5.11 Å². The quantitative estimate of drug-likeness (QED) is 0.795. The molecule has 7 nitrogen and oxygen atoms in total. The van der Waals surface area contributed by atoms with Crippen molar-refractivity contribution >= 4 is 5.97 Å². The average Bonchev–Trinajstić information content (AvgIpc) is 2.71. The first-order valence-electron chi connectivity index (χ1n) is 6.39. The lowest BCUT2D eigenvalue weighted by atomic mass is 9.90. The van der Waals surface area contributed by atoms with E-state index in [9.17, 15) is 9.90 Å². The molecule has 1 aliphatic rings. The van der Waals surface area contributed by atoms with Crippen LogP contribution in [0.25, 0.3) is 0 Å². The van der Waals surface area contributed by atoms with Gasteiger partial charge in [0.05, 0.1) is 17.8 Å². The zero-order valence-corrected chi connectivity index (χ0v) is 11.4. The van der Waals surface area contributed by atoms with Crippen molar-refractivity contribution in [1.29, 1.82) is 0 Å². The van der Waals surface area contributed by atoms with Crippen LogP contribution in [0.5, 0.6) is 0 Å². The van der Waals surface area contributed by atoms with Gasteiger partial charge in [-0.1, -0.05) is 19.1 Å². The fraction of sp³-hybridized carbons (Fsp3) is 0.750. The highest BCUT2D eigenvalue weighted by Gasteiger charge is 2.35. The van der Waals surface area contributed by atoms with Gasteiger partial charge in [0, 0.05) is 19.6 Å². The minimum Gasteiger partial charge on any atom is -0.476 e. The van der Waals surface area contributed by atoms with Crippen molar-refractivity contribution < 1.29 is 15.0 Å². The lowest BCUT2D eigenvalue weighted by molar-refractivity contribution is -0.0468. The average molecular weight is 268 g/mol. The molecular formula is C12H20N4O3. The number of carbonyl (C=O) groups is 1. The summed E-state index contributed by atoms with van der Waals surface area (Å²) >= 11 is 0. The number of aromatic nitrogens is 3. The molecule has 0 amide bonds. The number of hydrogen-bond acceptors (Lipinski definition) is 5. The van der Waals surface area contributed by atoms with Gasteiger partial charge in [-0.3, -0.25) is 4.90 Å². The van der Waals surface area contributed by atoms with E-state index >= 15 is 0 Å². The molecule has 2 rings (SSSR count). The van der Waals surface area contributed by atoms with Gasteiger partial charge in [-0.15, -0.1) is 5.10 Å². The van der Waals surface area contributed by atoms with E-state index in [-0.39, 0.29) is 17.7 Å². The van der Waals surface area contributed by atoms with Crippen molar-refractivity contribution in [3.63, 3.8) is 0 Å². The molecule has 19 heavy (non-hydrogen) atoms. The Hall–Kier alpha value is -1.47. The van der Waals surface area contributed by atoms with Crippen LogP contribution in [-0.2, 0) is 0 Å². The molecule has 7 heteroatoms. The topological polar surface area (TPSA) is 91.5 Å². The molecule has 0 aromatic carbocycles. The molecular weight excluding hydrogens is 248 g/mol. The van der Waals surface area contributed by atoms with Gasteiger partial charge in [-0.25, -0.2) is 9.48 Å². The number of β-amino-alcohol motifs (C(OH)–C–C–N with tert-alkyl or cyclic N) is 1. The Morgan fingerprint density at radius 3 is 2.68 bits per heavy atom. The maximum absolute atomic E-state index is 10.7. The summed E-state index contributed by atoms with van der Waals surface area (Å²) < 4.78 is 1.59. The predicted molar refractivity (Wildman–Crippen MR) is 67.9 cm³/mol. The van der Waals surface area contributed by atoms with Gasteiger partial charge in [0.25, 0.3) is 0 Å².